The molecule has 0 unspecified atom stereocenters. The molecule has 0 aliphatic carbocycles. The Morgan fingerprint density at radius 3 is 2.42 bits per heavy atom. The average molecular weight is 370 g/mol. The van der Waals surface area contributed by atoms with Crippen molar-refractivity contribution in [2.45, 2.75) is 26.2 Å². The number of halogens is 1. The van der Waals surface area contributed by atoms with Crippen LogP contribution in [0.2, 0.25) is 0 Å². The summed E-state index contributed by atoms with van der Waals surface area (Å²) in [5.74, 6) is 0.539. The van der Waals surface area contributed by atoms with E-state index >= 15 is 0 Å². The van der Waals surface area contributed by atoms with Crippen molar-refractivity contribution in [2.75, 3.05) is 5.32 Å². The highest BCUT2D eigenvalue weighted by Gasteiger charge is 2.21. The summed E-state index contributed by atoms with van der Waals surface area (Å²) >= 11 is 2.21. The average Bonchev–Trinajstić information content (AvgIpc) is 2.81. The van der Waals surface area contributed by atoms with Gasteiger partial charge in [0.1, 0.15) is 5.82 Å². The van der Waals surface area contributed by atoms with Crippen molar-refractivity contribution < 1.29 is 4.79 Å². The van der Waals surface area contributed by atoms with Gasteiger partial charge in [-0.1, -0.05) is 20.8 Å². The van der Waals surface area contributed by atoms with Gasteiger partial charge in [0.15, 0.2) is 0 Å². The molecule has 5 nitrogen and oxygen atoms in total. The number of H-pyrrole nitrogens is 1. The first kappa shape index (κ1) is 14.0. The lowest BCUT2D eigenvalue weighted by Crippen LogP contribution is -2.16. The number of rotatable bonds is 2. The van der Waals surface area contributed by atoms with Crippen molar-refractivity contribution in [1.29, 1.82) is 0 Å². The molecule has 19 heavy (non-hydrogen) atoms. The van der Waals surface area contributed by atoms with E-state index in [1.165, 1.54) is 0 Å². The number of aromatic amines is 1. The maximum absolute atomic E-state index is 12.0. The Balaban J connectivity index is 2.12. The van der Waals surface area contributed by atoms with Gasteiger partial charge in [-0.2, -0.15) is 0 Å². The highest BCUT2D eigenvalue weighted by atomic mass is 127. The number of carbonyl (C=O) groups excluding carboxylic acids is 1. The lowest BCUT2D eigenvalue weighted by atomic mass is 9.96. The molecule has 1 aromatic carbocycles. The van der Waals surface area contributed by atoms with Gasteiger partial charge in [0.05, 0.1) is 0 Å². The minimum Gasteiger partial charge on any atom is -0.319 e. The summed E-state index contributed by atoms with van der Waals surface area (Å²) < 4.78 is 1.11. The molecule has 2 rings (SSSR count). The molecule has 6 heteroatoms. The van der Waals surface area contributed by atoms with Crippen molar-refractivity contribution >= 4 is 34.2 Å². The number of aromatic nitrogens is 3. The fraction of sp³-hybridized carbons (Fsp3) is 0.308. The zero-order valence-corrected chi connectivity index (χ0v) is 13.1. The summed E-state index contributed by atoms with van der Waals surface area (Å²) in [7, 11) is 0. The quantitative estimate of drug-likeness (QED) is 0.799. The minimum atomic E-state index is -0.312. The van der Waals surface area contributed by atoms with Gasteiger partial charge in [0.2, 0.25) is 5.82 Å². The molecule has 1 amide bonds. The van der Waals surface area contributed by atoms with Crippen LogP contribution in [0.1, 0.15) is 37.2 Å². The molecule has 2 N–H and O–H groups in total. The summed E-state index contributed by atoms with van der Waals surface area (Å²) in [6.45, 7) is 6.02. The van der Waals surface area contributed by atoms with Crippen LogP contribution in [0.5, 0.6) is 0 Å². The fourth-order valence-electron chi connectivity index (χ4n) is 1.42. The maximum Gasteiger partial charge on any atom is 0.295 e. The molecule has 0 aliphatic rings. The number of amides is 1. The molecule has 100 valence electrons. The monoisotopic (exact) mass is 370 g/mol. The molecule has 2 aromatic rings. The Hall–Kier alpha value is -1.44. The highest BCUT2D eigenvalue weighted by molar-refractivity contribution is 14.1. The number of benzene rings is 1. The van der Waals surface area contributed by atoms with Crippen LogP contribution in [0.25, 0.3) is 0 Å². The van der Waals surface area contributed by atoms with Gasteiger partial charge in [0.25, 0.3) is 5.91 Å². The van der Waals surface area contributed by atoms with Gasteiger partial charge in [-0.15, -0.1) is 5.10 Å². The molecular formula is C13H15IN4O. The van der Waals surface area contributed by atoms with Crippen molar-refractivity contribution in [3.63, 3.8) is 0 Å². The standard InChI is InChI=1S/C13H15IN4O/c1-13(2,3)12-16-10(17-18-12)11(19)15-9-6-4-8(14)5-7-9/h4-7H,1-3H3,(H,15,19)(H,16,17,18). The van der Waals surface area contributed by atoms with E-state index < -0.39 is 0 Å². The van der Waals surface area contributed by atoms with Crippen LogP contribution in [0.3, 0.4) is 0 Å². The van der Waals surface area contributed by atoms with Gasteiger partial charge in [-0.25, -0.2) is 4.98 Å². The molecule has 0 bridgehead atoms. The Morgan fingerprint density at radius 1 is 1.26 bits per heavy atom. The van der Waals surface area contributed by atoms with Crippen LogP contribution in [-0.4, -0.2) is 21.1 Å². The SMILES string of the molecule is CC(C)(C)c1nc(C(=O)Nc2ccc(I)cc2)n[nH]1. The third-order valence-corrected chi connectivity index (χ3v) is 3.22. The lowest BCUT2D eigenvalue weighted by molar-refractivity contribution is 0.101. The summed E-state index contributed by atoms with van der Waals surface area (Å²) in [4.78, 5) is 16.2. The van der Waals surface area contributed by atoms with E-state index in [4.69, 9.17) is 0 Å². The van der Waals surface area contributed by atoms with E-state index in [0.29, 0.717) is 5.82 Å². The summed E-state index contributed by atoms with van der Waals surface area (Å²) in [5, 5.41) is 9.51. The lowest BCUT2D eigenvalue weighted by Gasteiger charge is -2.12. The van der Waals surface area contributed by atoms with E-state index in [0.717, 1.165) is 9.26 Å². The third kappa shape index (κ3) is 3.52. The predicted molar refractivity (Wildman–Crippen MR) is 82.2 cm³/mol. The van der Waals surface area contributed by atoms with Crippen LogP contribution in [0, 0.1) is 3.57 Å². The first-order valence-electron chi connectivity index (χ1n) is 5.86. The third-order valence-electron chi connectivity index (χ3n) is 2.50. The van der Waals surface area contributed by atoms with Gasteiger partial charge >= 0.3 is 0 Å². The summed E-state index contributed by atoms with van der Waals surface area (Å²) in [6, 6.07) is 7.54. The molecule has 0 spiro atoms. The number of hydrogen-bond acceptors (Lipinski definition) is 3. The largest absolute Gasteiger partial charge is 0.319 e. The Bertz CT molecular complexity index is 583. The van der Waals surface area contributed by atoms with Crippen LogP contribution < -0.4 is 5.32 Å². The number of carbonyl (C=O) groups is 1. The molecule has 0 saturated heterocycles. The van der Waals surface area contributed by atoms with Gasteiger partial charge in [-0.05, 0) is 46.9 Å². The predicted octanol–water partition coefficient (Wildman–Crippen LogP) is 2.96. The Kier molecular flexibility index (Phi) is 3.88. The maximum atomic E-state index is 12.0. The molecule has 1 heterocycles. The number of hydrogen-bond donors (Lipinski definition) is 2. The molecule has 1 aromatic heterocycles. The van der Waals surface area contributed by atoms with E-state index in [9.17, 15) is 4.79 Å². The van der Waals surface area contributed by atoms with Crippen LogP contribution in [-0.2, 0) is 5.41 Å². The zero-order valence-electron chi connectivity index (χ0n) is 11.0. The zero-order chi connectivity index (χ0) is 14.0. The molecule has 0 fully saturated rings. The molecule has 0 atom stereocenters. The normalized spacial score (nSPS) is 11.4. The Labute approximate surface area is 125 Å². The fourth-order valence-corrected chi connectivity index (χ4v) is 1.78. The van der Waals surface area contributed by atoms with Gasteiger partial charge < -0.3 is 5.32 Å². The van der Waals surface area contributed by atoms with Gasteiger partial charge in [0, 0.05) is 14.7 Å². The Morgan fingerprint density at radius 2 is 1.89 bits per heavy atom. The van der Waals surface area contributed by atoms with Crippen molar-refractivity contribution in [2.24, 2.45) is 0 Å². The van der Waals surface area contributed by atoms with E-state index in [2.05, 4.69) is 43.1 Å². The first-order valence-corrected chi connectivity index (χ1v) is 6.94. The van der Waals surface area contributed by atoms with Gasteiger partial charge in [-0.3, -0.25) is 9.89 Å². The van der Waals surface area contributed by atoms with Crippen LogP contribution in [0.4, 0.5) is 5.69 Å². The van der Waals surface area contributed by atoms with Crippen LogP contribution in [0.15, 0.2) is 24.3 Å². The topological polar surface area (TPSA) is 70.7 Å². The molecule has 0 aliphatic heterocycles. The summed E-state index contributed by atoms with van der Waals surface area (Å²) in [5.41, 5.74) is 0.571. The minimum absolute atomic E-state index is 0.156. The van der Waals surface area contributed by atoms with Crippen molar-refractivity contribution in [3.8, 4) is 0 Å². The number of nitrogens with zero attached hydrogens (tertiary/aromatic N) is 2. The van der Waals surface area contributed by atoms with Crippen LogP contribution >= 0.6 is 22.6 Å². The van der Waals surface area contributed by atoms with E-state index in [1.807, 2.05) is 45.0 Å². The molecule has 0 saturated carbocycles. The number of anilines is 1. The first-order chi connectivity index (χ1) is 8.86. The molecular weight excluding hydrogens is 355 g/mol. The van der Waals surface area contributed by atoms with E-state index in [-0.39, 0.29) is 17.1 Å². The molecule has 0 radical (unpaired) electrons. The van der Waals surface area contributed by atoms with Crippen molar-refractivity contribution in [1.82, 2.24) is 15.2 Å². The van der Waals surface area contributed by atoms with E-state index in [1.54, 1.807) is 0 Å². The number of nitrogens with one attached hydrogen (secondary N) is 2. The second kappa shape index (κ2) is 5.28. The second-order valence-electron chi connectivity index (χ2n) is 5.22. The highest BCUT2D eigenvalue weighted by Crippen LogP contribution is 2.18. The van der Waals surface area contributed by atoms with Crippen molar-refractivity contribution in [3.05, 3.63) is 39.5 Å². The summed E-state index contributed by atoms with van der Waals surface area (Å²) in [6.07, 6.45) is 0. The second-order valence-corrected chi connectivity index (χ2v) is 6.46. The smallest absolute Gasteiger partial charge is 0.295 e.